The summed E-state index contributed by atoms with van der Waals surface area (Å²) in [6.07, 6.45) is 2.19. The smallest absolute Gasteiger partial charge is 0.339 e. The number of carbonyl (C=O) groups excluding carboxylic acids is 2. The minimum atomic E-state index is -4.08. The molecule has 0 aliphatic heterocycles. The molecule has 33 heavy (non-hydrogen) atoms. The number of amides is 2. The van der Waals surface area contributed by atoms with Crippen LogP contribution in [0, 0.1) is 0 Å². The van der Waals surface area contributed by atoms with Gasteiger partial charge in [0.25, 0.3) is 5.91 Å². The topological polar surface area (TPSA) is 106 Å². The zero-order valence-corrected chi connectivity index (χ0v) is 19.5. The predicted octanol–water partition coefficient (Wildman–Crippen LogP) is 4.45. The van der Waals surface area contributed by atoms with Gasteiger partial charge in [-0.15, -0.1) is 0 Å². The molecular weight excluding hydrogens is 444 g/mol. The molecule has 1 N–H and O–H groups in total. The van der Waals surface area contributed by atoms with Crippen LogP contribution in [0.25, 0.3) is 0 Å². The number of nitrogens with zero attached hydrogens (tertiary/aromatic N) is 1. The minimum Gasteiger partial charge on any atom is -0.459 e. The van der Waals surface area contributed by atoms with E-state index in [-0.39, 0.29) is 40.8 Å². The van der Waals surface area contributed by atoms with Gasteiger partial charge in [0.1, 0.15) is 10.6 Å². The Morgan fingerprint density at radius 3 is 2.42 bits per heavy atom. The Labute approximate surface area is 193 Å². The Bertz CT molecular complexity index is 1200. The summed E-state index contributed by atoms with van der Waals surface area (Å²) in [6, 6.07) is 15.5. The average molecular weight is 471 g/mol. The molecule has 0 spiro atoms. The fraction of sp³-hybridized carbons (Fsp3) is 0.250. The van der Waals surface area contributed by atoms with Crippen molar-refractivity contribution in [1.82, 2.24) is 4.90 Å². The van der Waals surface area contributed by atoms with E-state index in [9.17, 15) is 18.0 Å². The van der Waals surface area contributed by atoms with Gasteiger partial charge < -0.3 is 18.8 Å². The molecule has 8 nitrogen and oxygen atoms in total. The lowest BCUT2D eigenvalue weighted by molar-refractivity contribution is -0.114. The Morgan fingerprint density at radius 1 is 1.09 bits per heavy atom. The maximum Gasteiger partial charge on any atom is 0.339 e. The minimum absolute atomic E-state index is 0.0452. The Balaban J connectivity index is 1.78. The second-order valence-electron chi connectivity index (χ2n) is 7.56. The van der Waals surface area contributed by atoms with Crippen LogP contribution < -0.4 is 9.50 Å². The first-order valence-corrected chi connectivity index (χ1v) is 11.9. The number of furan rings is 1. The third-order valence-electron chi connectivity index (χ3n) is 5.04. The van der Waals surface area contributed by atoms with Gasteiger partial charge in [0.05, 0.1) is 6.26 Å². The molecular formula is C24H26N2O6S. The van der Waals surface area contributed by atoms with Crippen LogP contribution in [0.1, 0.15) is 43.3 Å². The van der Waals surface area contributed by atoms with Crippen LogP contribution in [0.3, 0.4) is 0 Å². The van der Waals surface area contributed by atoms with E-state index in [1.807, 2.05) is 13.8 Å². The first kappa shape index (κ1) is 24.1. The molecule has 3 aromatic rings. The zero-order valence-electron chi connectivity index (χ0n) is 18.6. The molecule has 0 unspecified atom stereocenters. The van der Waals surface area contributed by atoms with E-state index in [0.717, 1.165) is 6.42 Å². The summed E-state index contributed by atoms with van der Waals surface area (Å²) in [4.78, 5) is 25.6. The van der Waals surface area contributed by atoms with E-state index in [1.165, 1.54) is 43.5 Å². The summed E-state index contributed by atoms with van der Waals surface area (Å²) in [6.45, 7) is 5.55. The highest BCUT2D eigenvalue weighted by atomic mass is 32.2. The number of benzene rings is 2. The molecule has 1 aromatic heterocycles. The summed E-state index contributed by atoms with van der Waals surface area (Å²) < 4.78 is 36.0. The summed E-state index contributed by atoms with van der Waals surface area (Å²) in [7, 11) is -4.08. The van der Waals surface area contributed by atoms with Gasteiger partial charge in [0.2, 0.25) is 5.91 Å². The van der Waals surface area contributed by atoms with Crippen molar-refractivity contribution in [2.45, 2.75) is 44.7 Å². The molecule has 1 heterocycles. The van der Waals surface area contributed by atoms with Crippen molar-refractivity contribution in [1.29, 1.82) is 0 Å². The van der Waals surface area contributed by atoms with Gasteiger partial charge in [0, 0.05) is 25.2 Å². The second-order valence-corrected chi connectivity index (χ2v) is 9.10. The van der Waals surface area contributed by atoms with E-state index < -0.39 is 10.1 Å². The van der Waals surface area contributed by atoms with Crippen molar-refractivity contribution >= 4 is 27.6 Å². The van der Waals surface area contributed by atoms with Crippen LogP contribution in [-0.2, 0) is 21.5 Å². The van der Waals surface area contributed by atoms with Crippen LogP contribution in [0.2, 0.25) is 0 Å². The lowest BCUT2D eigenvalue weighted by atomic mass is 10.1. The molecule has 2 aromatic carbocycles. The molecule has 0 saturated heterocycles. The number of rotatable bonds is 9. The van der Waals surface area contributed by atoms with Crippen LogP contribution in [0.4, 0.5) is 5.69 Å². The van der Waals surface area contributed by atoms with Gasteiger partial charge in [-0.1, -0.05) is 19.1 Å². The highest BCUT2D eigenvalue weighted by Gasteiger charge is 2.23. The van der Waals surface area contributed by atoms with Crippen molar-refractivity contribution in [3.05, 3.63) is 78.3 Å². The summed E-state index contributed by atoms with van der Waals surface area (Å²) in [5, 5.41) is 2.58. The Morgan fingerprint density at radius 2 is 1.82 bits per heavy atom. The van der Waals surface area contributed by atoms with E-state index in [0.29, 0.717) is 11.3 Å². The highest BCUT2D eigenvalue weighted by molar-refractivity contribution is 7.87. The number of hydrogen-bond acceptors (Lipinski definition) is 6. The standard InChI is InChI=1S/C24H26N2O6S/c1-4-17(2)26(24(28)23-9-6-14-31-23)16-19-7-5-8-21(15-19)32-33(29,30)22-12-10-20(11-13-22)25-18(3)27/h5-15,17H,4,16H2,1-3H3,(H,25,27)/t17-/m0/s1. The number of hydrogen-bond donors (Lipinski definition) is 1. The third kappa shape index (κ3) is 6.23. The van der Waals surface area contributed by atoms with Crippen LogP contribution in [-0.4, -0.2) is 31.2 Å². The van der Waals surface area contributed by atoms with E-state index in [1.54, 1.807) is 35.2 Å². The van der Waals surface area contributed by atoms with Gasteiger partial charge in [-0.3, -0.25) is 9.59 Å². The molecule has 3 rings (SSSR count). The fourth-order valence-electron chi connectivity index (χ4n) is 3.17. The van der Waals surface area contributed by atoms with Crippen molar-refractivity contribution in [3.8, 4) is 5.75 Å². The molecule has 0 saturated carbocycles. The van der Waals surface area contributed by atoms with Gasteiger partial charge >= 0.3 is 10.1 Å². The van der Waals surface area contributed by atoms with Gasteiger partial charge in [0.15, 0.2) is 5.76 Å². The lowest BCUT2D eigenvalue weighted by Crippen LogP contribution is -2.37. The van der Waals surface area contributed by atoms with Crippen LogP contribution in [0.15, 0.2) is 76.2 Å². The molecule has 0 aliphatic rings. The molecule has 0 fully saturated rings. The molecule has 174 valence electrons. The molecule has 1 atom stereocenters. The summed E-state index contributed by atoms with van der Waals surface area (Å²) in [5.41, 5.74) is 1.19. The monoisotopic (exact) mass is 470 g/mol. The van der Waals surface area contributed by atoms with Crippen molar-refractivity contribution in [2.75, 3.05) is 5.32 Å². The lowest BCUT2D eigenvalue weighted by Gasteiger charge is -2.28. The van der Waals surface area contributed by atoms with Gasteiger partial charge in [-0.2, -0.15) is 8.42 Å². The molecule has 9 heteroatoms. The maximum atomic E-state index is 12.9. The van der Waals surface area contributed by atoms with Crippen molar-refractivity contribution < 1.29 is 26.6 Å². The second kappa shape index (κ2) is 10.4. The molecule has 0 radical (unpaired) electrons. The molecule has 0 bridgehead atoms. The molecule has 2 amide bonds. The Hall–Kier alpha value is -3.59. The SMILES string of the molecule is CC[C@H](C)N(Cc1cccc(OS(=O)(=O)c2ccc(NC(C)=O)cc2)c1)C(=O)c1ccco1. The largest absolute Gasteiger partial charge is 0.459 e. The summed E-state index contributed by atoms with van der Waals surface area (Å²) in [5.74, 6) is -0.121. The predicted molar refractivity (Wildman–Crippen MR) is 123 cm³/mol. The third-order valence-corrected chi connectivity index (χ3v) is 6.30. The van der Waals surface area contributed by atoms with E-state index in [2.05, 4.69) is 5.32 Å². The number of nitrogens with one attached hydrogen (secondary N) is 1. The summed E-state index contributed by atoms with van der Waals surface area (Å²) >= 11 is 0. The van der Waals surface area contributed by atoms with Gasteiger partial charge in [-0.25, -0.2) is 0 Å². The highest BCUT2D eigenvalue weighted by Crippen LogP contribution is 2.23. The average Bonchev–Trinajstić information content (AvgIpc) is 3.31. The van der Waals surface area contributed by atoms with E-state index in [4.69, 9.17) is 8.60 Å². The quantitative estimate of drug-likeness (QED) is 0.463. The number of carbonyl (C=O) groups is 2. The van der Waals surface area contributed by atoms with E-state index >= 15 is 0 Å². The van der Waals surface area contributed by atoms with Gasteiger partial charge in [-0.05, 0) is 67.4 Å². The number of anilines is 1. The first-order chi connectivity index (χ1) is 15.7. The Kier molecular flexibility index (Phi) is 7.55. The van der Waals surface area contributed by atoms with Crippen molar-refractivity contribution in [2.24, 2.45) is 0 Å². The van der Waals surface area contributed by atoms with Crippen LogP contribution in [0.5, 0.6) is 5.75 Å². The molecule has 0 aliphatic carbocycles. The van der Waals surface area contributed by atoms with Crippen molar-refractivity contribution in [3.63, 3.8) is 0 Å². The fourth-order valence-corrected chi connectivity index (χ4v) is 4.09. The normalized spacial score (nSPS) is 12.1. The zero-order chi connectivity index (χ0) is 24.0. The van der Waals surface area contributed by atoms with Crippen LogP contribution >= 0.6 is 0 Å². The first-order valence-electron chi connectivity index (χ1n) is 10.4. The maximum absolute atomic E-state index is 12.9.